The normalized spacial score (nSPS) is 18.0. The zero-order valence-corrected chi connectivity index (χ0v) is 13.4. The summed E-state index contributed by atoms with van der Waals surface area (Å²) in [6.45, 7) is 1.88. The number of oxazole rings is 1. The molecule has 0 saturated carbocycles. The molecule has 7 heteroatoms. The van der Waals surface area contributed by atoms with Gasteiger partial charge in [-0.05, 0) is 45.1 Å². The predicted octanol–water partition coefficient (Wildman–Crippen LogP) is 1.27. The van der Waals surface area contributed by atoms with Crippen molar-refractivity contribution in [3.63, 3.8) is 0 Å². The first kappa shape index (κ1) is 15.8. The van der Waals surface area contributed by atoms with E-state index in [9.17, 15) is 9.59 Å². The van der Waals surface area contributed by atoms with Crippen LogP contribution in [-0.4, -0.2) is 48.7 Å². The second-order valence-corrected chi connectivity index (χ2v) is 6.00. The lowest BCUT2D eigenvalue weighted by Crippen LogP contribution is -2.27. The van der Waals surface area contributed by atoms with Gasteiger partial charge in [-0.1, -0.05) is 0 Å². The Labute approximate surface area is 133 Å². The van der Waals surface area contributed by atoms with Gasteiger partial charge in [-0.15, -0.1) is 0 Å². The predicted molar refractivity (Wildman–Crippen MR) is 86.6 cm³/mol. The van der Waals surface area contributed by atoms with E-state index in [1.807, 2.05) is 19.0 Å². The minimum Gasteiger partial charge on any atom is -0.408 e. The first-order chi connectivity index (χ1) is 11.0. The van der Waals surface area contributed by atoms with Crippen LogP contribution in [0.2, 0.25) is 0 Å². The summed E-state index contributed by atoms with van der Waals surface area (Å²) >= 11 is 0. The summed E-state index contributed by atoms with van der Waals surface area (Å²) in [6, 6.07) is 5.20. The molecule has 0 spiro atoms. The van der Waals surface area contributed by atoms with E-state index in [0.717, 1.165) is 19.4 Å². The number of fused-ring (bicyclic) bond motifs is 1. The average Bonchev–Trinajstić information content (AvgIpc) is 3.12. The molecule has 1 fully saturated rings. The fourth-order valence-electron chi connectivity index (χ4n) is 2.66. The van der Waals surface area contributed by atoms with E-state index in [1.54, 1.807) is 22.8 Å². The lowest BCUT2D eigenvalue weighted by molar-refractivity contribution is -0.124. The second-order valence-electron chi connectivity index (χ2n) is 6.00. The van der Waals surface area contributed by atoms with Gasteiger partial charge in [0.25, 0.3) is 5.91 Å². The van der Waals surface area contributed by atoms with Crippen molar-refractivity contribution in [3.8, 4) is 0 Å². The van der Waals surface area contributed by atoms with E-state index >= 15 is 0 Å². The number of ether oxygens (including phenoxy) is 1. The zero-order valence-electron chi connectivity index (χ0n) is 13.4. The zero-order chi connectivity index (χ0) is 16.4. The van der Waals surface area contributed by atoms with Gasteiger partial charge in [0.1, 0.15) is 6.10 Å². The molecule has 1 N–H and O–H groups in total. The van der Waals surface area contributed by atoms with E-state index < -0.39 is 0 Å². The summed E-state index contributed by atoms with van der Waals surface area (Å²) in [5.41, 5.74) is 1.84. The van der Waals surface area contributed by atoms with Gasteiger partial charge in [-0.25, -0.2) is 4.79 Å². The summed E-state index contributed by atoms with van der Waals surface area (Å²) in [4.78, 5) is 26.1. The van der Waals surface area contributed by atoms with Gasteiger partial charge in [0.2, 0.25) is 0 Å². The van der Waals surface area contributed by atoms with Crippen LogP contribution in [0.4, 0.5) is 5.69 Å². The Balaban J connectivity index is 1.83. The van der Waals surface area contributed by atoms with Crippen molar-refractivity contribution in [3.05, 3.63) is 28.7 Å². The van der Waals surface area contributed by atoms with E-state index in [1.165, 1.54) is 0 Å². The Morgan fingerprint density at radius 2 is 2.26 bits per heavy atom. The molecule has 3 rings (SSSR count). The third-order valence-electron chi connectivity index (χ3n) is 3.93. The van der Waals surface area contributed by atoms with Gasteiger partial charge in [0.05, 0.1) is 5.52 Å². The fraction of sp³-hybridized carbons (Fsp3) is 0.500. The largest absolute Gasteiger partial charge is 0.419 e. The van der Waals surface area contributed by atoms with Crippen molar-refractivity contribution in [2.75, 3.05) is 32.6 Å². The molecule has 0 bridgehead atoms. The average molecular weight is 319 g/mol. The third kappa shape index (κ3) is 3.46. The maximum Gasteiger partial charge on any atom is 0.419 e. The minimum absolute atomic E-state index is 0.146. The van der Waals surface area contributed by atoms with Gasteiger partial charge in [-0.3, -0.25) is 9.36 Å². The van der Waals surface area contributed by atoms with Crippen molar-refractivity contribution in [2.45, 2.75) is 25.5 Å². The Bertz CT molecular complexity index is 756. The third-order valence-corrected chi connectivity index (χ3v) is 3.93. The lowest BCUT2D eigenvalue weighted by Gasteiger charge is -2.11. The number of carbonyl (C=O) groups excluding carboxylic acids is 1. The summed E-state index contributed by atoms with van der Waals surface area (Å²) < 4.78 is 12.2. The summed E-state index contributed by atoms with van der Waals surface area (Å²) in [5, 5.41) is 2.85. The van der Waals surface area contributed by atoms with E-state index in [0.29, 0.717) is 29.9 Å². The van der Waals surface area contributed by atoms with Crippen LogP contribution in [0, 0.1) is 0 Å². The highest BCUT2D eigenvalue weighted by Crippen LogP contribution is 2.20. The number of hydrogen-bond acceptors (Lipinski definition) is 5. The molecular weight excluding hydrogens is 298 g/mol. The lowest BCUT2D eigenvalue weighted by atomic mass is 10.2. The Morgan fingerprint density at radius 3 is 2.96 bits per heavy atom. The van der Waals surface area contributed by atoms with Gasteiger partial charge < -0.3 is 19.4 Å². The second kappa shape index (κ2) is 6.55. The molecule has 1 atom stereocenters. The van der Waals surface area contributed by atoms with Gasteiger partial charge in [-0.2, -0.15) is 0 Å². The fourth-order valence-corrected chi connectivity index (χ4v) is 2.66. The van der Waals surface area contributed by atoms with Crippen LogP contribution in [-0.2, 0) is 16.1 Å². The number of rotatable bonds is 5. The molecule has 0 radical (unpaired) electrons. The SMILES string of the molecule is CN(C)CCn1c(=O)oc2ccc(NC(=O)C3CCCO3)cc21. The topological polar surface area (TPSA) is 76.7 Å². The monoisotopic (exact) mass is 319 g/mol. The molecule has 124 valence electrons. The standard InChI is InChI=1S/C16H21N3O4/c1-18(2)7-8-19-12-10-11(5-6-13(12)23-16(19)21)17-15(20)14-4-3-9-22-14/h5-6,10,14H,3-4,7-9H2,1-2H3,(H,17,20). The molecule has 2 heterocycles. The molecule has 2 aromatic rings. The molecule has 1 aromatic heterocycles. The summed E-state index contributed by atoms with van der Waals surface area (Å²) in [5.74, 6) is -0.531. The van der Waals surface area contributed by atoms with Crippen molar-refractivity contribution in [2.24, 2.45) is 0 Å². The highest BCUT2D eigenvalue weighted by molar-refractivity contribution is 5.95. The molecule has 1 aliphatic heterocycles. The van der Waals surface area contributed by atoms with Gasteiger partial charge in [0, 0.05) is 25.4 Å². The number of hydrogen-bond donors (Lipinski definition) is 1. The van der Waals surface area contributed by atoms with E-state index in [2.05, 4.69) is 5.32 Å². The van der Waals surface area contributed by atoms with Gasteiger partial charge in [0.15, 0.2) is 5.58 Å². The maximum atomic E-state index is 12.1. The van der Waals surface area contributed by atoms with Crippen LogP contribution in [0.5, 0.6) is 0 Å². The summed E-state index contributed by atoms with van der Waals surface area (Å²) in [6.07, 6.45) is 1.27. The molecule has 7 nitrogen and oxygen atoms in total. The van der Waals surface area contributed by atoms with Gasteiger partial charge >= 0.3 is 5.76 Å². The number of nitrogens with zero attached hydrogens (tertiary/aromatic N) is 2. The quantitative estimate of drug-likeness (QED) is 0.898. The molecule has 0 aliphatic carbocycles. The first-order valence-electron chi connectivity index (χ1n) is 7.75. The van der Waals surface area contributed by atoms with Crippen LogP contribution in [0.15, 0.2) is 27.4 Å². The molecule has 1 aliphatic rings. The smallest absolute Gasteiger partial charge is 0.408 e. The highest BCUT2D eigenvalue weighted by Gasteiger charge is 2.23. The van der Waals surface area contributed by atoms with Crippen molar-refractivity contribution in [1.29, 1.82) is 0 Å². The van der Waals surface area contributed by atoms with Crippen LogP contribution in [0.3, 0.4) is 0 Å². The molecule has 1 saturated heterocycles. The molecule has 1 unspecified atom stereocenters. The Hall–Kier alpha value is -2.12. The molecule has 1 aromatic carbocycles. The first-order valence-corrected chi connectivity index (χ1v) is 7.75. The molecule has 23 heavy (non-hydrogen) atoms. The van der Waals surface area contributed by atoms with Crippen molar-refractivity contribution in [1.82, 2.24) is 9.47 Å². The van der Waals surface area contributed by atoms with Crippen LogP contribution in [0.1, 0.15) is 12.8 Å². The Morgan fingerprint density at radius 1 is 1.43 bits per heavy atom. The minimum atomic E-state index is -0.385. The van der Waals surface area contributed by atoms with Crippen LogP contribution in [0.25, 0.3) is 11.1 Å². The van der Waals surface area contributed by atoms with E-state index in [4.69, 9.17) is 9.15 Å². The van der Waals surface area contributed by atoms with Crippen LogP contribution >= 0.6 is 0 Å². The number of likely N-dealkylation sites (N-methyl/N-ethyl adjacent to an activating group) is 1. The van der Waals surface area contributed by atoms with Crippen LogP contribution < -0.4 is 11.1 Å². The number of benzene rings is 1. The Kier molecular flexibility index (Phi) is 4.49. The molecular formula is C16H21N3O4. The number of amides is 1. The van der Waals surface area contributed by atoms with E-state index in [-0.39, 0.29) is 17.8 Å². The number of nitrogens with one attached hydrogen (secondary N) is 1. The highest BCUT2D eigenvalue weighted by atomic mass is 16.5. The number of anilines is 1. The number of carbonyl (C=O) groups is 1. The number of aromatic nitrogens is 1. The van der Waals surface area contributed by atoms with Crippen molar-refractivity contribution < 1.29 is 13.9 Å². The molecule has 1 amide bonds. The maximum absolute atomic E-state index is 12.1. The summed E-state index contributed by atoms with van der Waals surface area (Å²) in [7, 11) is 3.89. The van der Waals surface area contributed by atoms with Crippen molar-refractivity contribution >= 4 is 22.7 Å².